The summed E-state index contributed by atoms with van der Waals surface area (Å²) in [6.07, 6.45) is 2.14. The third-order valence-corrected chi connectivity index (χ3v) is 4.07. The van der Waals surface area contributed by atoms with Crippen molar-refractivity contribution in [1.82, 2.24) is 4.90 Å². The van der Waals surface area contributed by atoms with E-state index < -0.39 is 0 Å². The van der Waals surface area contributed by atoms with Crippen LogP contribution in [0.4, 0.5) is 0 Å². The van der Waals surface area contributed by atoms with Crippen LogP contribution in [-0.4, -0.2) is 29.2 Å². The summed E-state index contributed by atoms with van der Waals surface area (Å²) in [6.45, 7) is 5.03. The molecule has 0 bridgehead atoms. The van der Waals surface area contributed by atoms with E-state index in [9.17, 15) is 5.11 Å². The number of rotatable bonds is 2. The molecule has 1 saturated carbocycles. The van der Waals surface area contributed by atoms with Crippen molar-refractivity contribution < 1.29 is 9.52 Å². The molecule has 1 saturated heterocycles. The Bertz CT molecular complexity index is 374. The SMILES string of the molecule is Cc1ccc(CN2CC3CCC(O)C3C2)o1. The van der Waals surface area contributed by atoms with E-state index in [1.807, 2.05) is 13.0 Å². The van der Waals surface area contributed by atoms with Gasteiger partial charge in [0.15, 0.2) is 0 Å². The zero-order valence-electron chi connectivity index (χ0n) is 9.72. The lowest BCUT2D eigenvalue weighted by atomic mass is 10.00. The van der Waals surface area contributed by atoms with Gasteiger partial charge in [-0.25, -0.2) is 0 Å². The first-order valence-electron chi connectivity index (χ1n) is 6.18. The van der Waals surface area contributed by atoms with Gasteiger partial charge in [0.1, 0.15) is 11.5 Å². The molecule has 2 fully saturated rings. The van der Waals surface area contributed by atoms with Crippen LogP contribution in [0, 0.1) is 18.8 Å². The normalized spacial score (nSPS) is 34.5. The van der Waals surface area contributed by atoms with Gasteiger partial charge in [-0.2, -0.15) is 0 Å². The molecule has 0 aromatic carbocycles. The minimum atomic E-state index is -0.0617. The van der Waals surface area contributed by atoms with Crippen LogP contribution in [-0.2, 0) is 6.54 Å². The molecule has 88 valence electrons. The van der Waals surface area contributed by atoms with Crippen molar-refractivity contribution in [1.29, 1.82) is 0 Å². The number of hydrogen-bond acceptors (Lipinski definition) is 3. The van der Waals surface area contributed by atoms with Gasteiger partial charge in [-0.15, -0.1) is 0 Å². The maximum atomic E-state index is 9.84. The highest BCUT2D eigenvalue weighted by atomic mass is 16.3. The van der Waals surface area contributed by atoms with Crippen LogP contribution in [0.2, 0.25) is 0 Å². The molecule has 3 rings (SSSR count). The molecule has 3 heteroatoms. The van der Waals surface area contributed by atoms with E-state index in [1.165, 1.54) is 6.42 Å². The maximum absolute atomic E-state index is 9.84. The number of aliphatic hydroxyl groups is 1. The second kappa shape index (κ2) is 3.90. The fourth-order valence-corrected chi connectivity index (χ4v) is 3.25. The summed E-state index contributed by atoms with van der Waals surface area (Å²) in [5.74, 6) is 3.25. The highest BCUT2D eigenvalue weighted by molar-refractivity contribution is 5.06. The average Bonchev–Trinajstić information content (AvgIpc) is 2.88. The van der Waals surface area contributed by atoms with Gasteiger partial charge in [0.25, 0.3) is 0 Å². The van der Waals surface area contributed by atoms with Gasteiger partial charge in [-0.1, -0.05) is 0 Å². The largest absolute Gasteiger partial charge is 0.465 e. The second-order valence-corrected chi connectivity index (χ2v) is 5.28. The summed E-state index contributed by atoms with van der Waals surface area (Å²) in [4.78, 5) is 2.41. The Morgan fingerprint density at radius 3 is 2.94 bits per heavy atom. The first-order valence-corrected chi connectivity index (χ1v) is 6.18. The molecule has 1 N–H and O–H groups in total. The molecule has 3 atom stereocenters. The quantitative estimate of drug-likeness (QED) is 0.827. The molecule has 1 aromatic rings. The number of aliphatic hydroxyl groups excluding tert-OH is 1. The molecule has 0 spiro atoms. The van der Waals surface area contributed by atoms with E-state index >= 15 is 0 Å². The van der Waals surface area contributed by atoms with Crippen LogP contribution in [0.1, 0.15) is 24.4 Å². The van der Waals surface area contributed by atoms with Gasteiger partial charge in [0.2, 0.25) is 0 Å². The molecular formula is C13H19NO2. The molecule has 3 unspecified atom stereocenters. The minimum Gasteiger partial charge on any atom is -0.465 e. The van der Waals surface area contributed by atoms with Crippen molar-refractivity contribution in [3.8, 4) is 0 Å². The van der Waals surface area contributed by atoms with E-state index in [0.717, 1.165) is 37.6 Å². The molecule has 16 heavy (non-hydrogen) atoms. The monoisotopic (exact) mass is 221 g/mol. The number of nitrogens with zero attached hydrogens (tertiary/aromatic N) is 1. The number of likely N-dealkylation sites (tertiary alicyclic amines) is 1. The zero-order chi connectivity index (χ0) is 11.1. The summed E-state index contributed by atoms with van der Waals surface area (Å²) >= 11 is 0. The van der Waals surface area contributed by atoms with Crippen LogP contribution < -0.4 is 0 Å². The lowest BCUT2D eigenvalue weighted by Gasteiger charge is -2.16. The van der Waals surface area contributed by atoms with E-state index in [0.29, 0.717) is 11.8 Å². The molecule has 2 aliphatic rings. The van der Waals surface area contributed by atoms with Crippen LogP contribution in [0.5, 0.6) is 0 Å². The molecule has 0 amide bonds. The van der Waals surface area contributed by atoms with E-state index in [4.69, 9.17) is 4.42 Å². The van der Waals surface area contributed by atoms with Crippen LogP contribution in [0.15, 0.2) is 16.5 Å². The van der Waals surface area contributed by atoms with Crippen molar-refractivity contribution in [3.05, 3.63) is 23.7 Å². The number of fused-ring (bicyclic) bond motifs is 1. The van der Waals surface area contributed by atoms with Crippen LogP contribution in [0.25, 0.3) is 0 Å². The highest BCUT2D eigenvalue weighted by Gasteiger charge is 2.41. The smallest absolute Gasteiger partial charge is 0.118 e. The Morgan fingerprint density at radius 1 is 1.38 bits per heavy atom. The van der Waals surface area contributed by atoms with Crippen molar-refractivity contribution in [2.24, 2.45) is 11.8 Å². The van der Waals surface area contributed by atoms with E-state index in [-0.39, 0.29) is 6.10 Å². The van der Waals surface area contributed by atoms with Gasteiger partial charge in [-0.3, -0.25) is 4.90 Å². The number of aryl methyl sites for hydroxylation is 1. The number of furan rings is 1. The van der Waals surface area contributed by atoms with Gasteiger partial charge in [0.05, 0.1) is 12.6 Å². The Morgan fingerprint density at radius 2 is 2.25 bits per heavy atom. The molecule has 1 aliphatic carbocycles. The first kappa shape index (κ1) is 10.4. The summed E-state index contributed by atoms with van der Waals surface area (Å²) in [5.41, 5.74) is 0. The van der Waals surface area contributed by atoms with Gasteiger partial charge in [0, 0.05) is 19.0 Å². The molecule has 2 heterocycles. The Hall–Kier alpha value is -0.800. The molecule has 0 radical (unpaired) electrons. The van der Waals surface area contributed by atoms with E-state index in [2.05, 4.69) is 11.0 Å². The topological polar surface area (TPSA) is 36.6 Å². The maximum Gasteiger partial charge on any atom is 0.118 e. The molecule has 1 aliphatic heterocycles. The van der Waals surface area contributed by atoms with Crippen molar-refractivity contribution in [2.75, 3.05) is 13.1 Å². The summed E-state index contributed by atoms with van der Waals surface area (Å²) in [5, 5.41) is 9.84. The van der Waals surface area contributed by atoms with Crippen LogP contribution >= 0.6 is 0 Å². The Balaban J connectivity index is 1.62. The Labute approximate surface area is 96.1 Å². The first-order chi connectivity index (χ1) is 7.72. The van der Waals surface area contributed by atoms with Gasteiger partial charge < -0.3 is 9.52 Å². The van der Waals surface area contributed by atoms with Crippen LogP contribution in [0.3, 0.4) is 0 Å². The minimum absolute atomic E-state index is 0.0617. The molecular weight excluding hydrogens is 202 g/mol. The summed E-state index contributed by atoms with van der Waals surface area (Å²) in [7, 11) is 0. The summed E-state index contributed by atoms with van der Waals surface area (Å²) in [6, 6.07) is 4.07. The van der Waals surface area contributed by atoms with Gasteiger partial charge in [-0.05, 0) is 37.8 Å². The zero-order valence-corrected chi connectivity index (χ0v) is 9.72. The standard InChI is InChI=1S/C13H19NO2/c1-9-2-4-11(16-9)7-14-6-10-3-5-13(15)12(10)8-14/h2,4,10,12-13,15H,3,5-8H2,1H3. The lowest BCUT2D eigenvalue weighted by Crippen LogP contribution is -2.24. The fourth-order valence-electron chi connectivity index (χ4n) is 3.25. The number of hydrogen-bond donors (Lipinski definition) is 1. The lowest BCUT2D eigenvalue weighted by molar-refractivity contribution is 0.122. The van der Waals surface area contributed by atoms with Gasteiger partial charge >= 0.3 is 0 Å². The third kappa shape index (κ3) is 1.78. The summed E-state index contributed by atoms with van der Waals surface area (Å²) < 4.78 is 5.59. The molecule has 3 nitrogen and oxygen atoms in total. The second-order valence-electron chi connectivity index (χ2n) is 5.28. The third-order valence-electron chi connectivity index (χ3n) is 4.07. The van der Waals surface area contributed by atoms with Crippen molar-refractivity contribution in [3.63, 3.8) is 0 Å². The average molecular weight is 221 g/mol. The van der Waals surface area contributed by atoms with Crippen molar-refractivity contribution in [2.45, 2.75) is 32.4 Å². The van der Waals surface area contributed by atoms with E-state index in [1.54, 1.807) is 0 Å². The predicted octanol–water partition coefficient (Wildman–Crippen LogP) is 1.79. The van der Waals surface area contributed by atoms with Crippen molar-refractivity contribution >= 4 is 0 Å². The Kier molecular flexibility index (Phi) is 2.52. The predicted molar refractivity (Wildman–Crippen MR) is 60.9 cm³/mol. The fraction of sp³-hybridized carbons (Fsp3) is 0.692. The molecule has 1 aromatic heterocycles. The highest BCUT2D eigenvalue weighted by Crippen LogP contribution is 2.38.